The number of carbonyl (C=O) groups is 3. The van der Waals surface area contributed by atoms with E-state index in [2.05, 4.69) is 0 Å². The normalized spacial score (nSPS) is 18.0. The minimum atomic E-state index is -0.429. The van der Waals surface area contributed by atoms with Crippen LogP contribution < -0.4 is 4.74 Å². The third kappa shape index (κ3) is 4.51. The van der Waals surface area contributed by atoms with Gasteiger partial charge in [-0.2, -0.15) is 0 Å². The van der Waals surface area contributed by atoms with Gasteiger partial charge in [0.2, 0.25) is 5.91 Å². The Bertz CT molecular complexity index is 968. The summed E-state index contributed by atoms with van der Waals surface area (Å²) in [6.07, 6.45) is 3.59. The first-order valence-corrected chi connectivity index (χ1v) is 10.3. The molecule has 2 saturated heterocycles. The van der Waals surface area contributed by atoms with E-state index >= 15 is 0 Å². The van der Waals surface area contributed by atoms with Crippen molar-refractivity contribution in [3.8, 4) is 11.5 Å². The molecule has 4 rings (SSSR count). The van der Waals surface area contributed by atoms with E-state index in [1.54, 1.807) is 17.0 Å². The third-order valence-corrected chi connectivity index (χ3v) is 5.67. The summed E-state index contributed by atoms with van der Waals surface area (Å²) in [5.74, 6) is 0.741. The van der Waals surface area contributed by atoms with E-state index in [-0.39, 0.29) is 12.5 Å². The number of likely N-dealkylation sites (tertiary alicyclic amines) is 1. The Balaban J connectivity index is 1.47. The van der Waals surface area contributed by atoms with Crippen LogP contribution in [0.2, 0.25) is 0 Å². The van der Waals surface area contributed by atoms with Crippen molar-refractivity contribution in [1.82, 2.24) is 9.80 Å². The van der Waals surface area contributed by atoms with Gasteiger partial charge in [0.05, 0.1) is 4.91 Å². The molecule has 3 amide bonds. The maximum atomic E-state index is 12.7. The maximum Gasteiger partial charge on any atom is 0.294 e. The van der Waals surface area contributed by atoms with Gasteiger partial charge in [-0.05, 0) is 60.5 Å². The van der Waals surface area contributed by atoms with Gasteiger partial charge in [-0.25, -0.2) is 0 Å². The van der Waals surface area contributed by atoms with Gasteiger partial charge in [-0.1, -0.05) is 30.3 Å². The molecule has 29 heavy (non-hydrogen) atoms. The Morgan fingerprint density at radius 2 is 1.72 bits per heavy atom. The molecule has 0 spiro atoms. The molecule has 2 heterocycles. The number of carbonyl (C=O) groups excluding carboxylic acids is 3. The lowest BCUT2D eigenvalue weighted by molar-refractivity contribution is -0.135. The second-order valence-electron chi connectivity index (χ2n) is 6.84. The molecule has 0 aliphatic carbocycles. The fourth-order valence-electron chi connectivity index (χ4n) is 3.28. The van der Waals surface area contributed by atoms with Crippen molar-refractivity contribution in [2.45, 2.75) is 12.8 Å². The van der Waals surface area contributed by atoms with E-state index in [0.29, 0.717) is 29.5 Å². The van der Waals surface area contributed by atoms with Crippen LogP contribution in [0.5, 0.6) is 11.5 Å². The number of hydrogen-bond donors (Lipinski definition) is 0. The largest absolute Gasteiger partial charge is 0.457 e. The quantitative estimate of drug-likeness (QED) is 0.696. The molecule has 148 valence electrons. The van der Waals surface area contributed by atoms with Crippen LogP contribution in [0, 0.1) is 0 Å². The lowest BCUT2D eigenvalue weighted by Crippen LogP contribution is -2.40. The number of rotatable bonds is 5. The highest BCUT2D eigenvalue weighted by molar-refractivity contribution is 8.18. The van der Waals surface area contributed by atoms with Crippen molar-refractivity contribution in [2.75, 3.05) is 19.6 Å². The zero-order valence-electron chi connectivity index (χ0n) is 15.7. The van der Waals surface area contributed by atoms with E-state index < -0.39 is 11.1 Å². The molecule has 2 aromatic carbocycles. The summed E-state index contributed by atoms with van der Waals surface area (Å²) in [4.78, 5) is 40.3. The smallest absolute Gasteiger partial charge is 0.294 e. The Morgan fingerprint density at radius 1 is 1.00 bits per heavy atom. The summed E-state index contributed by atoms with van der Waals surface area (Å²) in [6.45, 7) is 1.19. The molecule has 0 aromatic heterocycles. The maximum absolute atomic E-state index is 12.7. The molecule has 0 unspecified atom stereocenters. The van der Waals surface area contributed by atoms with E-state index in [4.69, 9.17) is 4.74 Å². The number of imide groups is 1. The van der Waals surface area contributed by atoms with Gasteiger partial charge in [-0.15, -0.1) is 0 Å². The molecule has 0 bridgehead atoms. The molecule has 0 radical (unpaired) electrons. The highest BCUT2D eigenvalue weighted by Gasteiger charge is 2.37. The molecule has 0 saturated carbocycles. The Morgan fingerprint density at radius 3 is 2.48 bits per heavy atom. The minimum absolute atomic E-state index is 0.177. The molecule has 2 aliphatic heterocycles. The first-order valence-electron chi connectivity index (χ1n) is 9.46. The van der Waals surface area contributed by atoms with Gasteiger partial charge in [0, 0.05) is 13.1 Å². The van der Waals surface area contributed by atoms with Gasteiger partial charge in [0.1, 0.15) is 18.0 Å². The Kier molecular flexibility index (Phi) is 5.67. The van der Waals surface area contributed by atoms with Crippen LogP contribution in [0.25, 0.3) is 6.08 Å². The van der Waals surface area contributed by atoms with Crippen LogP contribution in [-0.4, -0.2) is 46.5 Å². The molecule has 0 atom stereocenters. The first kappa shape index (κ1) is 19.3. The predicted molar refractivity (Wildman–Crippen MR) is 111 cm³/mol. The summed E-state index contributed by atoms with van der Waals surface area (Å²) < 4.78 is 5.81. The van der Waals surface area contributed by atoms with Gasteiger partial charge < -0.3 is 9.64 Å². The predicted octanol–water partition coefficient (Wildman–Crippen LogP) is 4.14. The average molecular weight is 408 g/mol. The Hall–Kier alpha value is -3.06. The molecule has 2 aromatic rings. The molecule has 6 nitrogen and oxygen atoms in total. The lowest BCUT2D eigenvalue weighted by Gasteiger charge is -2.18. The number of benzene rings is 2. The van der Waals surface area contributed by atoms with Crippen molar-refractivity contribution in [2.24, 2.45) is 0 Å². The zero-order valence-corrected chi connectivity index (χ0v) is 16.6. The second kappa shape index (κ2) is 8.53. The van der Waals surface area contributed by atoms with Gasteiger partial charge in [0.15, 0.2) is 0 Å². The van der Waals surface area contributed by atoms with Crippen LogP contribution in [0.15, 0.2) is 59.5 Å². The lowest BCUT2D eigenvalue weighted by atomic mass is 10.2. The molecule has 2 fully saturated rings. The summed E-state index contributed by atoms with van der Waals surface area (Å²) in [6, 6.07) is 16.7. The third-order valence-electron chi connectivity index (χ3n) is 4.76. The number of para-hydroxylation sites is 1. The van der Waals surface area contributed by atoms with Crippen LogP contribution in [0.1, 0.15) is 18.4 Å². The van der Waals surface area contributed by atoms with Gasteiger partial charge in [-0.3, -0.25) is 19.3 Å². The van der Waals surface area contributed by atoms with Crippen molar-refractivity contribution in [3.63, 3.8) is 0 Å². The molecule has 0 N–H and O–H groups in total. The standard InChI is InChI=1S/C22H20N2O4S/c25-20(23-11-4-5-12-23)15-24-21(26)19(29-22(24)27)14-16-7-6-10-18(13-16)28-17-8-2-1-3-9-17/h1-3,6-10,13-14H,4-5,11-12,15H2/b19-14-. The number of thioether (sulfide) groups is 1. The van der Waals surface area contributed by atoms with E-state index in [0.717, 1.165) is 35.1 Å². The number of nitrogens with zero attached hydrogens (tertiary/aromatic N) is 2. The second-order valence-corrected chi connectivity index (χ2v) is 7.84. The minimum Gasteiger partial charge on any atom is -0.457 e. The summed E-state index contributed by atoms with van der Waals surface area (Å²) in [5, 5.41) is -0.412. The molecular formula is C22H20N2O4S. The summed E-state index contributed by atoms with van der Waals surface area (Å²) in [7, 11) is 0. The van der Waals surface area contributed by atoms with Crippen LogP contribution >= 0.6 is 11.8 Å². The fourth-order valence-corrected chi connectivity index (χ4v) is 4.12. The van der Waals surface area contributed by atoms with E-state index in [9.17, 15) is 14.4 Å². The Labute approximate surface area is 173 Å². The number of hydrogen-bond acceptors (Lipinski definition) is 5. The monoisotopic (exact) mass is 408 g/mol. The van der Waals surface area contributed by atoms with Crippen molar-refractivity contribution < 1.29 is 19.1 Å². The topological polar surface area (TPSA) is 66.9 Å². The first-order chi connectivity index (χ1) is 14.1. The van der Waals surface area contributed by atoms with Crippen LogP contribution in [0.3, 0.4) is 0 Å². The van der Waals surface area contributed by atoms with E-state index in [1.807, 2.05) is 48.5 Å². The van der Waals surface area contributed by atoms with Crippen LogP contribution in [-0.2, 0) is 9.59 Å². The molecule has 7 heteroatoms. The summed E-state index contributed by atoms with van der Waals surface area (Å²) >= 11 is 0.858. The van der Waals surface area contributed by atoms with Crippen molar-refractivity contribution in [3.05, 3.63) is 65.1 Å². The van der Waals surface area contributed by atoms with Gasteiger partial charge in [0.25, 0.3) is 11.1 Å². The van der Waals surface area contributed by atoms with Crippen molar-refractivity contribution in [1.29, 1.82) is 0 Å². The SMILES string of the molecule is O=C(CN1C(=O)S/C(=C\c2cccc(Oc3ccccc3)c2)C1=O)N1CCCC1. The highest BCUT2D eigenvalue weighted by Crippen LogP contribution is 2.33. The van der Waals surface area contributed by atoms with Crippen LogP contribution in [0.4, 0.5) is 4.79 Å². The average Bonchev–Trinajstić information content (AvgIpc) is 3.34. The van der Waals surface area contributed by atoms with Crippen molar-refractivity contribution >= 4 is 34.9 Å². The highest BCUT2D eigenvalue weighted by atomic mass is 32.2. The summed E-state index contributed by atoms with van der Waals surface area (Å²) in [5.41, 5.74) is 0.745. The number of amides is 3. The molecule has 2 aliphatic rings. The zero-order chi connectivity index (χ0) is 20.2. The van der Waals surface area contributed by atoms with Gasteiger partial charge >= 0.3 is 0 Å². The number of ether oxygens (including phenoxy) is 1. The fraction of sp³-hybridized carbons (Fsp3) is 0.227. The van der Waals surface area contributed by atoms with E-state index in [1.165, 1.54) is 0 Å². The molecular weight excluding hydrogens is 388 g/mol.